The average molecular weight is 303 g/mol. The van der Waals surface area contributed by atoms with E-state index in [0.717, 1.165) is 19.6 Å². The lowest BCUT2D eigenvalue weighted by Gasteiger charge is -2.31. The lowest BCUT2D eigenvalue weighted by Crippen LogP contribution is -2.38. The summed E-state index contributed by atoms with van der Waals surface area (Å²) in [6.45, 7) is 5.09. The first-order chi connectivity index (χ1) is 10.7. The molecule has 22 heavy (non-hydrogen) atoms. The average Bonchev–Trinajstić information content (AvgIpc) is 3.15. The molecular weight excluding hydrogens is 282 g/mol. The van der Waals surface area contributed by atoms with Crippen LogP contribution < -0.4 is 0 Å². The van der Waals surface area contributed by atoms with Gasteiger partial charge < -0.3 is 9.15 Å². The van der Waals surface area contributed by atoms with Gasteiger partial charge in [0.25, 0.3) is 0 Å². The van der Waals surface area contributed by atoms with Gasteiger partial charge in [0, 0.05) is 51.3 Å². The van der Waals surface area contributed by atoms with Crippen LogP contribution in [0, 0.1) is 6.92 Å². The van der Waals surface area contributed by atoms with Crippen LogP contribution in [0.2, 0.25) is 0 Å². The summed E-state index contributed by atoms with van der Waals surface area (Å²) in [5.74, 6) is 1.83. The maximum atomic E-state index is 5.78. The summed E-state index contributed by atoms with van der Waals surface area (Å²) in [6.07, 6.45) is 4.57. The topological polar surface area (TPSA) is 69.2 Å². The Morgan fingerprint density at radius 3 is 2.91 bits per heavy atom. The number of ether oxygens (including phenoxy) is 1. The van der Waals surface area contributed by atoms with Gasteiger partial charge >= 0.3 is 0 Å². The minimum Gasteiger partial charge on any atom is -0.423 e. The summed E-state index contributed by atoms with van der Waals surface area (Å²) in [6, 6.07) is 0. The van der Waals surface area contributed by atoms with Crippen LogP contribution in [0.15, 0.2) is 10.6 Å². The van der Waals surface area contributed by atoms with Crippen molar-refractivity contribution in [2.45, 2.75) is 38.3 Å². The Balaban J connectivity index is 1.46. The van der Waals surface area contributed by atoms with Crippen molar-refractivity contribution < 1.29 is 9.15 Å². The van der Waals surface area contributed by atoms with Crippen LogP contribution in [0.5, 0.6) is 0 Å². The summed E-state index contributed by atoms with van der Waals surface area (Å²) < 4.78 is 13.2. The van der Waals surface area contributed by atoms with Crippen molar-refractivity contribution in [1.29, 1.82) is 0 Å². The highest BCUT2D eigenvalue weighted by Crippen LogP contribution is 2.41. The van der Waals surface area contributed by atoms with Crippen LogP contribution in [0.4, 0.5) is 0 Å². The molecule has 7 nitrogen and oxygen atoms in total. The Morgan fingerprint density at radius 2 is 2.18 bits per heavy atom. The number of hydrogen-bond donors (Lipinski definition) is 0. The standard InChI is InChI=1S/C15H21N5O2/c1-10-16-17-15(22-10)13-9-20(5-6-21-13)8-12-7-19(2)18-14(12)11-3-4-11/h7,11,13H,3-6,8-9H2,1-2H3. The molecule has 2 aromatic rings. The Bertz CT molecular complexity index is 661. The van der Waals surface area contributed by atoms with E-state index in [1.54, 1.807) is 6.92 Å². The van der Waals surface area contributed by atoms with Gasteiger partial charge in [-0.1, -0.05) is 0 Å². The van der Waals surface area contributed by atoms with Crippen LogP contribution >= 0.6 is 0 Å². The largest absolute Gasteiger partial charge is 0.423 e. The molecule has 2 fully saturated rings. The highest BCUT2D eigenvalue weighted by molar-refractivity contribution is 5.24. The molecule has 0 N–H and O–H groups in total. The van der Waals surface area contributed by atoms with E-state index in [0.29, 0.717) is 24.3 Å². The monoisotopic (exact) mass is 303 g/mol. The Kier molecular flexibility index (Phi) is 3.46. The summed E-state index contributed by atoms with van der Waals surface area (Å²) >= 11 is 0. The minimum absolute atomic E-state index is 0.129. The second-order valence-corrected chi connectivity index (χ2v) is 6.24. The maximum Gasteiger partial charge on any atom is 0.246 e. The molecule has 1 atom stereocenters. The van der Waals surface area contributed by atoms with Gasteiger partial charge in [-0.15, -0.1) is 10.2 Å². The predicted octanol–water partition coefficient (Wildman–Crippen LogP) is 1.56. The van der Waals surface area contributed by atoms with E-state index in [2.05, 4.69) is 26.4 Å². The first-order valence-corrected chi connectivity index (χ1v) is 7.85. The van der Waals surface area contributed by atoms with E-state index >= 15 is 0 Å². The molecule has 2 aromatic heterocycles. The van der Waals surface area contributed by atoms with Crippen LogP contribution in [0.3, 0.4) is 0 Å². The number of hydrogen-bond acceptors (Lipinski definition) is 6. The van der Waals surface area contributed by atoms with Crippen molar-refractivity contribution in [3.63, 3.8) is 0 Å². The molecule has 0 bridgehead atoms. The van der Waals surface area contributed by atoms with Gasteiger partial charge in [0.15, 0.2) is 0 Å². The van der Waals surface area contributed by atoms with Crippen molar-refractivity contribution >= 4 is 0 Å². The molecule has 0 amide bonds. The molecule has 1 saturated carbocycles. The van der Waals surface area contributed by atoms with Crippen LogP contribution in [-0.4, -0.2) is 44.6 Å². The maximum absolute atomic E-state index is 5.78. The summed E-state index contributed by atoms with van der Waals surface area (Å²) in [5.41, 5.74) is 2.62. The molecule has 118 valence electrons. The van der Waals surface area contributed by atoms with Gasteiger partial charge in [-0.25, -0.2) is 0 Å². The summed E-state index contributed by atoms with van der Waals surface area (Å²) in [4.78, 5) is 2.39. The van der Waals surface area contributed by atoms with E-state index in [1.165, 1.54) is 24.1 Å². The fourth-order valence-electron chi connectivity index (χ4n) is 3.06. The van der Waals surface area contributed by atoms with Gasteiger partial charge in [0.1, 0.15) is 6.10 Å². The quantitative estimate of drug-likeness (QED) is 0.854. The predicted molar refractivity (Wildman–Crippen MR) is 78.2 cm³/mol. The fourth-order valence-corrected chi connectivity index (χ4v) is 3.06. The second kappa shape index (κ2) is 5.48. The van der Waals surface area contributed by atoms with Gasteiger partial charge in [0.2, 0.25) is 11.8 Å². The van der Waals surface area contributed by atoms with Crippen molar-refractivity contribution in [3.8, 4) is 0 Å². The Hall–Kier alpha value is -1.73. The van der Waals surface area contributed by atoms with Crippen molar-refractivity contribution in [3.05, 3.63) is 29.2 Å². The van der Waals surface area contributed by atoms with Crippen molar-refractivity contribution in [1.82, 2.24) is 24.9 Å². The molecular formula is C15H21N5O2. The smallest absolute Gasteiger partial charge is 0.246 e. The molecule has 1 aliphatic heterocycles. The van der Waals surface area contributed by atoms with E-state index in [1.807, 2.05) is 11.7 Å². The molecule has 4 rings (SSSR count). The number of rotatable bonds is 4. The Labute approximate surface area is 129 Å². The fraction of sp³-hybridized carbons (Fsp3) is 0.667. The molecule has 1 unspecified atom stereocenters. The molecule has 0 spiro atoms. The number of morpholine rings is 1. The molecule has 7 heteroatoms. The van der Waals surface area contributed by atoms with Crippen LogP contribution in [-0.2, 0) is 18.3 Å². The second-order valence-electron chi connectivity index (χ2n) is 6.24. The van der Waals surface area contributed by atoms with Gasteiger partial charge in [-0.2, -0.15) is 5.10 Å². The van der Waals surface area contributed by atoms with Crippen LogP contribution in [0.25, 0.3) is 0 Å². The number of nitrogens with zero attached hydrogens (tertiary/aromatic N) is 5. The van der Waals surface area contributed by atoms with E-state index in [4.69, 9.17) is 9.15 Å². The van der Waals surface area contributed by atoms with Gasteiger partial charge in [-0.05, 0) is 12.8 Å². The minimum atomic E-state index is -0.129. The molecule has 1 saturated heterocycles. The number of aromatic nitrogens is 4. The highest BCUT2D eigenvalue weighted by atomic mass is 16.5. The zero-order valence-corrected chi connectivity index (χ0v) is 13.0. The molecule has 3 heterocycles. The zero-order valence-electron chi connectivity index (χ0n) is 13.0. The third-order valence-electron chi connectivity index (χ3n) is 4.26. The SMILES string of the molecule is Cc1nnc(C2CN(Cc3cn(C)nc3C3CC3)CCO2)o1. The third-order valence-corrected chi connectivity index (χ3v) is 4.26. The summed E-state index contributed by atoms with van der Waals surface area (Å²) in [5, 5.41) is 12.6. The third kappa shape index (κ3) is 2.78. The van der Waals surface area contributed by atoms with Gasteiger partial charge in [0.05, 0.1) is 12.3 Å². The van der Waals surface area contributed by atoms with Crippen molar-refractivity contribution in [2.75, 3.05) is 19.7 Å². The molecule has 0 aromatic carbocycles. The Morgan fingerprint density at radius 1 is 1.32 bits per heavy atom. The first-order valence-electron chi connectivity index (χ1n) is 7.85. The zero-order chi connectivity index (χ0) is 15.1. The highest BCUT2D eigenvalue weighted by Gasteiger charge is 2.31. The van der Waals surface area contributed by atoms with E-state index in [9.17, 15) is 0 Å². The van der Waals surface area contributed by atoms with Crippen molar-refractivity contribution in [2.24, 2.45) is 7.05 Å². The first kappa shape index (κ1) is 13.9. The molecule has 1 aliphatic carbocycles. The van der Waals surface area contributed by atoms with E-state index < -0.39 is 0 Å². The van der Waals surface area contributed by atoms with E-state index in [-0.39, 0.29) is 6.10 Å². The molecule has 2 aliphatic rings. The lowest BCUT2D eigenvalue weighted by atomic mass is 10.1. The molecule has 0 radical (unpaired) electrons. The summed E-state index contributed by atoms with van der Waals surface area (Å²) in [7, 11) is 2.00. The lowest BCUT2D eigenvalue weighted by molar-refractivity contribution is -0.0457. The van der Waals surface area contributed by atoms with Crippen LogP contribution in [0.1, 0.15) is 47.9 Å². The normalized spacial score (nSPS) is 23.1. The number of aryl methyl sites for hydroxylation is 2. The van der Waals surface area contributed by atoms with Gasteiger partial charge in [-0.3, -0.25) is 9.58 Å².